The zero-order chi connectivity index (χ0) is 19.3. The van der Waals surface area contributed by atoms with Gasteiger partial charge < -0.3 is 4.90 Å². The molecule has 0 bridgehead atoms. The van der Waals surface area contributed by atoms with Gasteiger partial charge in [0, 0.05) is 50.7 Å². The van der Waals surface area contributed by atoms with Crippen molar-refractivity contribution < 1.29 is 62.8 Å². The Kier molecular flexibility index (Phi) is 10.4. The van der Waals surface area contributed by atoms with E-state index in [0.29, 0.717) is 11.3 Å². The van der Waals surface area contributed by atoms with Gasteiger partial charge in [0.05, 0.1) is 25.7 Å². The minimum Gasteiger partial charge on any atom is -0.389 e. The summed E-state index contributed by atoms with van der Waals surface area (Å²) in [5.74, 6) is 0. The Morgan fingerprint density at radius 2 is 1.58 bits per heavy atom. The van der Waals surface area contributed by atoms with E-state index in [9.17, 15) is 26.9 Å². The van der Waals surface area contributed by atoms with E-state index in [1.807, 2.05) is 0 Å². The Morgan fingerprint density at radius 3 is 1.92 bits per heavy atom. The van der Waals surface area contributed by atoms with E-state index in [0.717, 1.165) is 12.5 Å². The molecule has 0 aliphatic carbocycles. The molecule has 0 saturated heterocycles. The molecule has 0 N–H and O–H groups in total. The smallest absolute Gasteiger partial charge is 0.264 e. The molecule has 1 aromatic rings. The third-order valence-corrected chi connectivity index (χ3v) is 4.13. The average Bonchev–Trinajstić information content (AvgIpc) is 2.43. The number of nitro benzene ring substituents is 1. The first-order valence-electron chi connectivity index (χ1n) is 6.99. The van der Waals surface area contributed by atoms with Crippen LogP contribution in [0.2, 0.25) is 0 Å². The summed E-state index contributed by atoms with van der Waals surface area (Å²) in [5, 5.41) is 10.8. The Hall–Kier alpha value is -0.656. The van der Waals surface area contributed by atoms with Crippen molar-refractivity contribution in [2.24, 2.45) is 0 Å². The maximum absolute atomic E-state index is 11.1. The molecule has 0 saturated carbocycles. The molecule has 0 unspecified atom stereocenters. The first-order chi connectivity index (χ1) is 11.4. The summed E-state index contributed by atoms with van der Waals surface area (Å²) < 4.78 is 53.6. The summed E-state index contributed by atoms with van der Waals surface area (Å²) in [6.45, 7) is 1.45. The molecular weight excluding hydrogens is 465 g/mol. The van der Waals surface area contributed by atoms with Crippen LogP contribution in [-0.4, -0.2) is 60.6 Å². The molecule has 13 heteroatoms. The molecule has 1 radical (unpaired) electrons. The Labute approximate surface area is 178 Å². The van der Waals surface area contributed by atoms with Gasteiger partial charge in [-0.05, 0) is 0 Å². The molecule has 0 atom stereocenters. The van der Waals surface area contributed by atoms with Gasteiger partial charge >= 0.3 is 0 Å². The minimum absolute atomic E-state index is 0. The van der Waals surface area contributed by atoms with Crippen LogP contribution in [0.3, 0.4) is 0 Å². The molecule has 0 fully saturated rings. The molecular formula is C13H19N2O8S2Y-. The van der Waals surface area contributed by atoms with Crippen molar-refractivity contribution in [1.82, 2.24) is 0 Å². The van der Waals surface area contributed by atoms with E-state index in [2.05, 4.69) is 14.4 Å². The number of benzene rings is 1. The van der Waals surface area contributed by atoms with E-state index in [4.69, 9.17) is 0 Å². The van der Waals surface area contributed by atoms with Crippen molar-refractivity contribution in [2.45, 2.75) is 6.92 Å². The molecule has 145 valence electrons. The summed E-state index contributed by atoms with van der Waals surface area (Å²) in [6, 6.07) is 5.28. The van der Waals surface area contributed by atoms with Crippen LogP contribution in [0.5, 0.6) is 0 Å². The molecule has 0 amide bonds. The van der Waals surface area contributed by atoms with Gasteiger partial charge in [-0.1, -0.05) is 24.7 Å². The first-order valence-corrected chi connectivity index (χ1v) is 10.6. The van der Waals surface area contributed by atoms with Crippen LogP contribution in [0.1, 0.15) is 5.56 Å². The zero-order valence-corrected chi connectivity index (χ0v) is 19.0. The maximum Gasteiger partial charge on any atom is 0.264 e. The fourth-order valence-corrected chi connectivity index (χ4v) is 2.72. The third-order valence-electron chi connectivity index (χ3n) is 2.94. The fourth-order valence-electron chi connectivity index (χ4n) is 1.97. The second-order valence-corrected chi connectivity index (χ2v) is 8.47. The van der Waals surface area contributed by atoms with Crippen LogP contribution < -0.4 is 4.90 Å². The maximum atomic E-state index is 11.1. The standard InChI is InChI=1S/C13H19N2O8S2.Y/c1-11-10-12(15(16)17)4-5-13(11)14(6-8-22-24(2,18)19)7-9-23-25(3,20)21;/h4,10H,6-9H2,1-3H3;/q-1;. The van der Waals surface area contributed by atoms with Gasteiger partial charge in [0.2, 0.25) is 0 Å². The molecule has 0 aliphatic heterocycles. The first kappa shape index (κ1) is 25.3. The van der Waals surface area contributed by atoms with Crippen LogP contribution in [0.4, 0.5) is 11.4 Å². The van der Waals surface area contributed by atoms with Crippen LogP contribution in [0.25, 0.3) is 0 Å². The predicted octanol–water partition coefficient (Wildman–Crippen LogP) is 0.460. The van der Waals surface area contributed by atoms with Gasteiger partial charge in [-0.2, -0.15) is 22.9 Å². The van der Waals surface area contributed by atoms with Gasteiger partial charge in [0.15, 0.2) is 5.69 Å². The summed E-state index contributed by atoms with van der Waals surface area (Å²) in [4.78, 5) is 11.8. The predicted molar refractivity (Wildman–Crippen MR) is 90.5 cm³/mol. The van der Waals surface area contributed by atoms with E-state index in [-0.39, 0.29) is 64.7 Å². The van der Waals surface area contributed by atoms with E-state index < -0.39 is 25.2 Å². The van der Waals surface area contributed by atoms with Gasteiger partial charge in [-0.25, -0.2) is 0 Å². The van der Waals surface area contributed by atoms with Crippen LogP contribution in [0, 0.1) is 23.1 Å². The number of non-ortho nitro benzene ring substituents is 1. The van der Waals surface area contributed by atoms with Crippen LogP contribution >= 0.6 is 0 Å². The molecule has 0 aromatic heterocycles. The molecule has 1 rings (SSSR count). The second-order valence-electron chi connectivity index (χ2n) is 5.19. The second kappa shape index (κ2) is 10.6. The number of hydrogen-bond acceptors (Lipinski definition) is 9. The van der Waals surface area contributed by atoms with Crippen molar-refractivity contribution in [2.75, 3.05) is 43.7 Å². The number of aryl methyl sites for hydroxylation is 1. The van der Waals surface area contributed by atoms with Gasteiger partial charge in [-0.3, -0.25) is 18.5 Å². The van der Waals surface area contributed by atoms with Gasteiger partial charge in [0.1, 0.15) is 0 Å². The number of nitrogens with zero attached hydrogens (tertiary/aromatic N) is 2. The molecule has 0 aliphatic rings. The average molecular weight is 484 g/mol. The van der Waals surface area contributed by atoms with Crippen molar-refractivity contribution in [1.29, 1.82) is 0 Å². The monoisotopic (exact) mass is 484 g/mol. The molecule has 0 heterocycles. The molecule has 26 heavy (non-hydrogen) atoms. The largest absolute Gasteiger partial charge is 0.389 e. The van der Waals surface area contributed by atoms with Crippen LogP contribution in [-0.2, 0) is 61.3 Å². The SMILES string of the molecule is Cc1cc([N+](=O)[O-])c[c-]c1N(CCOS(C)(=O)=O)CCOS(C)(=O)=O.[Y]. The van der Waals surface area contributed by atoms with Crippen molar-refractivity contribution in [3.63, 3.8) is 0 Å². The van der Waals surface area contributed by atoms with Crippen LogP contribution in [0.15, 0.2) is 12.1 Å². The number of nitro groups is 1. The number of anilines is 1. The Morgan fingerprint density at radius 1 is 1.12 bits per heavy atom. The van der Waals surface area contributed by atoms with E-state index >= 15 is 0 Å². The fraction of sp³-hybridized carbons (Fsp3) is 0.538. The van der Waals surface area contributed by atoms with Crippen molar-refractivity contribution in [3.05, 3.63) is 33.9 Å². The minimum atomic E-state index is -3.63. The van der Waals surface area contributed by atoms with E-state index in [1.165, 1.54) is 12.1 Å². The van der Waals surface area contributed by atoms with E-state index in [1.54, 1.807) is 11.8 Å². The molecule has 1 aromatic carbocycles. The number of rotatable bonds is 10. The normalized spacial score (nSPS) is 11.7. The molecule has 10 nitrogen and oxygen atoms in total. The van der Waals surface area contributed by atoms with Gasteiger partial charge in [-0.15, -0.1) is 5.56 Å². The summed E-state index contributed by atoms with van der Waals surface area (Å²) in [6.07, 6.45) is 1.82. The Bertz CT molecular complexity index is 789. The Balaban J connectivity index is 0.00000625. The zero-order valence-electron chi connectivity index (χ0n) is 14.5. The van der Waals surface area contributed by atoms with Crippen molar-refractivity contribution >= 4 is 31.6 Å². The topological polar surface area (TPSA) is 133 Å². The summed E-state index contributed by atoms with van der Waals surface area (Å²) in [5.41, 5.74) is 0.841. The van der Waals surface area contributed by atoms with Crippen molar-refractivity contribution in [3.8, 4) is 0 Å². The summed E-state index contributed by atoms with van der Waals surface area (Å²) in [7, 11) is -7.25. The van der Waals surface area contributed by atoms with Gasteiger partial charge in [0.25, 0.3) is 20.2 Å². The molecule has 0 spiro atoms. The quantitative estimate of drug-likeness (QED) is 0.201. The summed E-state index contributed by atoms with van der Waals surface area (Å²) >= 11 is 0. The number of hydrogen-bond donors (Lipinski definition) is 0. The third kappa shape index (κ3) is 9.88.